The standard InChI is InChI=1S/C29H33N3O3/c1-20-30-17-24(18-31-20)21-9-11-22(12-10-21)26(23-13-14-23)32-16-15-29(35-27(32)33,19-28(2,3)34)25-7-5-4-6-8-25/h4-12,17-18,23,26,34H,13-16,19H2,1-3H3/t26-,29?/m1/s1. The molecule has 2 heterocycles. The van der Waals surface area contributed by atoms with Gasteiger partial charge in [-0.25, -0.2) is 14.8 Å². The summed E-state index contributed by atoms with van der Waals surface area (Å²) in [6.45, 7) is 5.99. The van der Waals surface area contributed by atoms with Crippen LogP contribution in [0.5, 0.6) is 0 Å². The van der Waals surface area contributed by atoms with Crippen LogP contribution in [0.2, 0.25) is 0 Å². The molecule has 182 valence electrons. The molecule has 1 aliphatic heterocycles. The van der Waals surface area contributed by atoms with Crippen LogP contribution < -0.4 is 0 Å². The van der Waals surface area contributed by atoms with Crippen molar-refractivity contribution in [2.75, 3.05) is 6.54 Å². The largest absolute Gasteiger partial charge is 0.438 e. The van der Waals surface area contributed by atoms with Crippen LogP contribution >= 0.6 is 0 Å². The van der Waals surface area contributed by atoms with Crippen molar-refractivity contribution in [3.05, 3.63) is 83.9 Å². The maximum absolute atomic E-state index is 13.5. The molecule has 1 N–H and O–H groups in total. The number of hydrogen-bond donors (Lipinski definition) is 1. The van der Waals surface area contributed by atoms with E-state index in [0.29, 0.717) is 25.3 Å². The Labute approximate surface area is 207 Å². The minimum Gasteiger partial charge on any atom is -0.438 e. The van der Waals surface area contributed by atoms with E-state index in [-0.39, 0.29) is 12.1 Å². The number of benzene rings is 2. The van der Waals surface area contributed by atoms with Gasteiger partial charge >= 0.3 is 6.09 Å². The molecule has 1 unspecified atom stereocenters. The molecule has 6 nitrogen and oxygen atoms in total. The lowest BCUT2D eigenvalue weighted by atomic mass is 9.80. The summed E-state index contributed by atoms with van der Waals surface area (Å²) in [6.07, 6.45) is 6.56. The summed E-state index contributed by atoms with van der Waals surface area (Å²) in [5.74, 6) is 1.19. The van der Waals surface area contributed by atoms with Crippen molar-refractivity contribution in [3.63, 3.8) is 0 Å². The maximum Gasteiger partial charge on any atom is 0.411 e. The third-order valence-electron chi connectivity index (χ3n) is 7.06. The van der Waals surface area contributed by atoms with Crippen molar-refractivity contribution in [1.29, 1.82) is 0 Å². The van der Waals surface area contributed by atoms with Gasteiger partial charge in [0, 0.05) is 37.3 Å². The van der Waals surface area contributed by atoms with Crippen LogP contribution in [0.3, 0.4) is 0 Å². The van der Waals surface area contributed by atoms with E-state index in [9.17, 15) is 9.90 Å². The monoisotopic (exact) mass is 471 g/mol. The number of carbonyl (C=O) groups excluding carboxylic acids is 1. The Balaban J connectivity index is 1.40. The van der Waals surface area contributed by atoms with Crippen molar-refractivity contribution in [2.45, 2.75) is 63.7 Å². The second-order valence-corrected chi connectivity index (χ2v) is 10.6. The minimum absolute atomic E-state index is 0.0123. The van der Waals surface area contributed by atoms with Gasteiger partial charge in [-0.3, -0.25) is 0 Å². The average Bonchev–Trinajstić information content (AvgIpc) is 3.67. The zero-order valence-corrected chi connectivity index (χ0v) is 20.6. The summed E-state index contributed by atoms with van der Waals surface area (Å²) in [5.41, 5.74) is 2.28. The highest BCUT2D eigenvalue weighted by molar-refractivity contribution is 5.71. The van der Waals surface area contributed by atoms with Gasteiger partial charge in [0.15, 0.2) is 0 Å². The molecule has 1 amide bonds. The number of hydrogen-bond acceptors (Lipinski definition) is 5. The first kappa shape index (κ1) is 23.5. The number of cyclic esters (lactones) is 1. The second kappa shape index (κ2) is 9.08. The lowest BCUT2D eigenvalue weighted by Crippen LogP contribution is -2.51. The number of aromatic nitrogens is 2. The highest BCUT2D eigenvalue weighted by Gasteiger charge is 2.49. The first-order valence-electron chi connectivity index (χ1n) is 12.4. The second-order valence-electron chi connectivity index (χ2n) is 10.6. The zero-order valence-electron chi connectivity index (χ0n) is 20.6. The summed E-state index contributed by atoms with van der Waals surface area (Å²) in [6, 6.07) is 18.2. The number of ether oxygens (including phenoxy) is 1. The Hall–Kier alpha value is -3.25. The normalized spacial score (nSPS) is 21.5. The first-order chi connectivity index (χ1) is 16.7. The third kappa shape index (κ3) is 5.08. The minimum atomic E-state index is -0.969. The van der Waals surface area contributed by atoms with Gasteiger partial charge < -0.3 is 14.7 Å². The first-order valence-corrected chi connectivity index (χ1v) is 12.4. The molecule has 2 fully saturated rings. The van der Waals surface area contributed by atoms with Crippen LogP contribution in [0.4, 0.5) is 4.79 Å². The van der Waals surface area contributed by atoms with Crippen LogP contribution in [0, 0.1) is 12.8 Å². The molecule has 5 rings (SSSR count). The van der Waals surface area contributed by atoms with Gasteiger partial charge in [0.05, 0.1) is 11.6 Å². The quantitative estimate of drug-likeness (QED) is 0.471. The van der Waals surface area contributed by atoms with E-state index in [1.54, 1.807) is 13.8 Å². The smallest absolute Gasteiger partial charge is 0.411 e. The SMILES string of the molecule is Cc1ncc(-c2ccc([C@H](C3CC3)N3CCC(CC(C)(C)O)(c4ccccc4)OC3=O)cc2)cn1. The fourth-order valence-electron chi connectivity index (χ4n) is 5.33. The van der Waals surface area contributed by atoms with E-state index in [1.807, 2.05) is 54.5 Å². The van der Waals surface area contributed by atoms with Crippen LogP contribution in [-0.2, 0) is 10.3 Å². The molecular formula is C29H33N3O3. The van der Waals surface area contributed by atoms with Crippen molar-refractivity contribution in [1.82, 2.24) is 14.9 Å². The fraction of sp³-hybridized carbons (Fsp3) is 0.414. The van der Waals surface area contributed by atoms with E-state index in [4.69, 9.17) is 4.74 Å². The highest BCUT2D eigenvalue weighted by atomic mass is 16.6. The summed E-state index contributed by atoms with van der Waals surface area (Å²) in [4.78, 5) is 24.0. The van der Waals surface area contributed by atoms with Crippen molar-refractivity contribution < 1.29 is 14.6 Å². The van der Waals surface area contributed by atoms with Gasteiger partial charge in [-0.15, -0.1) is 0 Å². The Morgan fingerprint density at radius 2 is 1.71 bits per heavy atom. The molecule has 2 atom stereocenters. The Morgan fingerprint density at radius 1 is 1.06 bits per heavy atom. The lowest BCUT2D eigenvalue weighted by molar-refractivity contribution is -0.103. The Kier molecular flexibility index (Phi) is 6.09. The van der Waals surface area contributed by atoms with Crippen LogP contribution in [0.1, 0.15) is 62.5 Å². The van der Waals surface area contributed by atoms with Crippen molar-refractivity contribution in [2.24, 2.45) is 5.92 Å². The predicted molar refractivity (Wildman–Crippen MR) is 135 cm³/mol. The molecule has 3 aromatic rings. The topological polar surface area (TPSA) is 75.6 Å². The van der Waals surface area contributed by atoms with E-state index < -0.39 is 11.2 Å². The molecule has 6 heteroatoms. The molecule has 0 bridgehead atoms. The number of carbonyl (C=O) groups is 1. The van der Waals surface area contributed by atoms with Crippen molar-refractivity contribution in [3.8, 4) is 11.1 Å². The number of nitrogens with zero attached hydrogens (tertiary/aromatic N) is 3. The molecule has 35 heavy (non-hydrogen) atoms. The van der Waals surface area contributed by atoms with Gasteiger partial charge in [0.1, 0.15) is 11.4 Å². The van der Waals surface area contributed by atoms with Crippen LogP contribution in [0.15, 0.2) is 67.0 Å². The summed E-state index contributed by atoms with van der Waals surface area (Å²) >= 11 is 0. The number of rotatable bonds is 7. The molecule has 1 saturated heterocycles. The average molecular weight is 472 g/mol. The zero-order chi connectivity index (χ0) is 24.6. The molecule has 1 saturated carbocycles. The number of amides is 1. The van der Waals surface area contributed by atoms with E-state index in [0.717, 1.165) is 40.9 Å². The van der Waals surface area contributed by atoms with E-state index in [1.165, 1.54) is 0 Å². The van der Waals surface area contributed by atoms with Gasteiger partial charge in [-0.1, -0.05) is 54.6 Å². The Morgan fingerprint density at radius 3 is 2.29 bits per heavy atom. The predicted octanol–water partition coefficient (Wildman–Crippen LogP) is 5.80. The number of aliphatic hydroxyl groups is 1. The van der Waals surface area contributed by atoms with E-state index >= 15 is 0 Å². The molecule has 1 aliphatic carbocycles. The maximum atomic E-state index is 13.5. The third-order valence-corrected chi connectivity index (χ3v) is 7.06. The van der Waals surface area contributed by atoms with Crippen molar-refractivity contribution >= 4 is 6.09 Å². The van der Waals surface area contributed by atoms with Gasteiger partial charge in [0.2, 0.25) is 0 Å². The molecule has 0 spiro atoms. The lowest BCUT2D eigenvalue weighted by Gasteiger charge is -2.46. The van der Waals surface area contributed by atoms with Crippen LogP contribution in [0.25, 0.3) is 11.1 Å². The highest BCUT2D eigenvalue weighted by Crippen LogP contribution is 2.48. The van der Waals surface area contributed by atoms with E-state index in [2.05, 4.69) is 34.2 Å². The molecular weight excluding hydrogens is 438 g/mol. The number of aryl methyl sites for hydroxylation is 1. The van der Waals surface area contributed by atoms with Crippen LogP contribution in [-0.4, -0.2) is 38.2 Å². The summed E-state index contributed by atoms with van der Waals surface area (Å²) in [5, 5.41) is 10.7. The fourth-order valence-corrected chi connectivity index (χ4v) is 5.33. The Bertz CT molecular complexity index is 1170. The molecule has 2 aliphatic rings. The molecule has 0 radical (unpaired) electrons. The molecule has 1 aromatic heterocycles. The summed E-state index contributed by atoms with van der Waals surface area (Å²) < 4.78 is 6.24. The van der Waals surface area contributed by atoms with Gasteiger partial charge in [-0.2, -0.15) is 0 Å². The summed E-state index contributed by atoms with van der Waals surface area (Å²) in [7, 11) is 0. The molecule has 2 aromatic carbocycles. The van der Waals surface area contributed by atoms with Gasteiger partial charge in [-0.05, 0) is 56.2 Å². The van der Waals surface area contributed by atoms with Gasteiger partial charge in [0.25, 0.3) is 0 Å².